The first kappa shape index (κ1) is 12.7. The smallest absolute Gasteiger partial charge is 0.309 e. The van der Waals surface area contributed by atoms with E-state index in [1.807, 2.05) is 0 Å². The van der Waals surface area contributed by atoms with Crippen molar-refractivity contribution in [1.82, 2.24) is 9.97 Å². The van der Waals surface area contributed by atoms with Crippen molar-refractivity contribution in [3.8, 4) is 0 Å². The van der Waals surface area contributed by atoms with Crippen molar-refractivity contribution in [1.29, 1.82) is 0 Å². The van der Waals surface area contributed by atoms with Crippen LogP contribution in [0.5, 0.6) is 0 Å². The van der Waals surface area contributed by atoms with Gasteiger partial charge in [0.05, 0.1) is 28.9 Å². The minimum Gasteiger partial charge on any atom is -0.481 e. The number of hydrogen-bond acceptors (Lipinski definition) is 4. The first-order valence-corrected chi connectivity index (χ1v) is 7.40. The van der Waals surface area contributed by atoms with Crippen molar-refractivity contribution in [3.05, 3.63) is 18.2 Å². The highest BCUT2D eigenvalue weighted by Gasteiger charge is 2.67. The summed E-state index contributed by atoms with van der Waals surface area (Å²) < 4.78 is 0. The van der Waals surface area contributed by atoms with E-state index in [1.165, 1.54) is 0 Å². The van der Waals surface area contributed by atoms with E-state index in [0.29, 0.717) is 37.3 Å². The van der Waals surface area contributed by atoms with E-state index >= 15 is 0 Å². The molecular weight excluding hydrogens is 270 g/mol. The zero-order chi connectivity index (χ0) is 14.7. The molecule has 1 aromatic rings. The molecule has 0 aliphatic heterocycles. The average molecular weight is 287 g/mol. The van der Waals surface area contributed by atoms with Crippen molar-refractivity contribution >= 4 is 17.6 Å². The summed E-state index contributed by atoms with van der Waals surface area (Å²) in [5.41, 5.74) is -0.546. The predicted molar refractivity (Wildman–Crippen MR) is 73.6 cm³/mol. The number of rotatable bonds is 4. The molecule has 6 nitrogen and oxygen atoms in total. The maximum absolute atomic E-state index is 12.4. The first-order valence-electron chi connectivity index (χ1n) is 7.40. The van der Waals surface area contributed by atoms with E-state index in [1.54, 1.807) is 12.4 Å². The van der Waals surface area contributed by atoms with Gasteiger partial charge in [-0.1, -0.05) is 0 Å². The van der Waals surface area contributed by atoms with Gasteiger partial charge < -0.3 is 10.4 Å². The molecule has 2 N–H and O–H groups in total. The molecule has 0 spiro atoms. The highest BCUT2D eigenvalue weighted by atomic mass is 16.4. The van der Waals surface area contributed by atoms with E-state index < -0.39 is 16.8 Å². The Labute approximate surface area is 122 Å². The molecule has 1 aromatic heterocycles. The zero-order valence-electron chi connectivity index (χ0n) is 11.6. The van der Waals surface area contributed by atoms with Crippen LogP contribution in [0.4, 0.5) is 5.69 Å². The Morgan fingerprint density at radius 3 is 2.29 bits per heavy atom. The molecule has 110 valence electrons. The molecule has 0 aromatic carbocycles. The SMILES string of the molecule is O=C(O)C12CCC(C(=O)Nc3cnc(C4CC4)nc3)(C1)C2. The summed E-state index contributed by atoms with van der Waals surface area (Å²) >= 11 is 0. The van der Waals surface area contributed by atoms with Crippen LogP contribution >= 0.6 is 0 Å². The molecule has 1 heterocycles. The minimum absolute atomic E-state index is 0.0837. The van der Waals surface area contributed by atoms with E-state index in [-0.39, 0.29) is 5.91 Å². The first-order chi connectivity index (χ1) is 10.0. The molecule has 4 aliphatic carbocycles. The lowest BCUT2D eigenvalue weighted by Gasteiger charge is -2.43. The maximum Gasteiger partial charge on any atom is 0.309 e. The van der Waals surface area contributed by atoms with Crippen molar-refractivity contribution in [3.63, 3.8) is 0 Å². The zero-order valence-corrected chi connectivity index (χ0v) is 11.6. The van der Waals surface area contributed by atoms with Gasteiger partial charge in [-0.05, 0) is 38.5 Å². The second-order valence-electron chi connectivity index (χ2n) is 6.78. The molecule has 4 saturated carbocycles. The standard InChI is InChI=1S/C15H17N3O3/c19-12(14-3-4-15(7-14,8-14)13(20)21)18-10-5-16-11(17-6-10)9-1-2-9/h5-6,9H,1-4,7-8H2,(H,18,19)(H,20,21). The average Bonchev–Trinajstić information content (AvgIpc) is 3.09. The number of fused-ring (bicyclic) bond motifs is 1. The van der Waals surface area contributed by atoms with E-state index in [4.69, 9.17) is 0 Å². The van der Waals surface area contributed by atoms with Gasteiger partial charge in [0, 0.05) is 5.92 Å². The van der Waals surface area contributed by atoms with E-state index in [0.717, 1.165) is 18.7 Å². The fourth-order valence-corrected chi connectivity index (χ4v) is 3.83. The van der Waals surface area contributed by atoms with Crippen molar-refractivity contribution < 1.29 is 14.7 Å². The molecule has 4 fully saturated rings. The Morgan fingerprint density at radius 1 is 1.14 bits per heavy atom. The van der Waals surface area contributed by atoms with Crippen LogP contribution < -0.4 is 5.32 Å². The molecule has 0 unspecified atom stereocenters. The Morgan fingerprint density at radius 2 is 1.76 bits per heavy atom. The Hall–Kier alpha value is -1.98. The number of amides is 1. The molecule has 6 heteroatoms. The maximum atomic E-state index is 12.4. The van der Waals surface area contributed by atoms with Gasteiger partial charge in [-0.2, -0.15) is 0 Å². The van der Waals surface area contributed by atoms with Gasteiger partial charge in [-0.15, -0.1) is 0 Å². The number of carboxylic acid groups (broad SMARTS) is 1. The fraction of sp³-hybridized carbons (Fsp3) is 0.600. The number of hydrogen-bond donors (Lipinski definition) is 2. The quantitative estimate of drug-likeness (QED) is 0.882. The van der Waals surface area contributed by atoms with Crippen molar-refractivity contribution in [2.24, 2.45) is 10.8 Å². The van der Waals surface area contributed by atoms with Crippen LogP contribution in [0.2, 0.25) is 0 Å². The van der Waals surface area contributed by atoms with Gasteiger partial charge in [0.2, 0.25) is 5.91 Å². The van der Waals surface area contributed by atoms with Crippen LogP contribution in [0.1, 0.15) is 50.3 Å². The van der Waals surface area contributed by atoms with Gasteiger partial charge in [-0.3, -0.25) is 9.59 Å². The minimum atomic E-state index is -0.763. The summed E-state index contributed by atoms with van der Waals surface area (Å²) in [6.07, 6.45) is 7.77. The number of nitrogens with one attached hydrogen (secondary N) is 1. The lowest BCUT2D eigenvalue weighted by atomic mass is 9.60. The van der Waals surface area contributed by atoms with Gasteiger partial charge in [0.1, 0.15) is 5.82 Å². The third-order valence-corrected chi connectivity index (χ3v) is 5.24. The number of carbonyl (C=O) groups excluding carboxylic acids is 1. The van der Waals surface area contributed by atoms with Crippen LogP contribution in [0.3, 0.4) is 0 Å². The lowest BCUT2D eigenvalue weighted by Crippen LogP contribution is -2.49. The van der Waals surface area contributed by atoms with Crippen molar-refractivity contribution in [2.75, 3.05) is 5.32 Å². The Balaban J connectivity index is 1.44. The normalized spacial score (nSPS) is 33.3. The van der Waals surface area contributed by atoms with Crippen LogP contribution in [-0.2, 0) is 9.59 Å². The molecule has 0 atom stereocenters. The summed E-state index contributed by atoms with van der Waals surface area (Å²) in [5, 5.41) is 12.1. The Bertz CT molecular complexity index is 616. The number of nitrogens with zero attached hydrogens (tertiary/aromatic N) is 2. The molecule has 5 rings (SSSR count). The largest absolute Gasteiger partial charge is 0.481 e. The summed E-state index contributed by atoms with van der Waals surface area (Å²) in [4.78, 5) is 32.2. The topological polar surface area (TPSA) is 92.2 Å². The molecule has 1 amide bonds. The van der Waals surface area contributed by atoms with Gasteiger partial charge in [0.25, 0.3) is 0 Å². The van der Waals surface area contributed by atoms with Gasteiger partial charge in [-0.25, -0.2) is 9.97 Å². The summed E-state index contributed by atoms with van der Waals surface area (Å²) in [5.74, 6) is 0.492. The van der Waals surface area contributed by atoms with Gasteiger partial charge >= 0.3 is 5.97 Å². The highest BCUT2D eigenvalue weighted by Crippen LogP contribution is 2.67. The van der Waals surface area contributed by atoms with Crippen LogP contribution in [0, 0.1) is 10.8 Å². The number of aliphatic carboxylic acids is 1. The van der Waals surface area contributed by atoms with Gasteiger partial charge in [0.15, 0.2) is 0 Å². The summed E-state index contributed by atoms with van der Waals surface area (Å²) in [7, 11) is 0. The van der Waals surface area contributed by atoms with Crippen LogP contribution in [0.15, 0.2) is 12.4 Å². The number of anilines is 1. The molecule has 2 bridgehead atoms. The number of aromatic nitrogens is 2. The van der Waals surface area contributed by atoms with Crippen LogP contribution in [-0.4, -0.2) is 27.0 Å². The molecule has 4 aliphatic rings. The van der Waals surface area contributed by atoms with Crippen molar-refractivity contribution in [2.45, 2.75) is 44.4 Å². The third kappa shape index (κ3) is 1.85. The van der Waals surface area contributed by atoms with E-state index in [9.17, 15) is 14.7 Å². The molecule has 0 radical (unpaired) electrons. The summed E-state index contributed by atoms with van der Waals surface area (Å²) in [6.45, 7) is 0. The Kier molecular flexibility index (Phi) is 2.44. The number of carboxylic acids is 1. The second-order valence-corrected chi connectivity index (χ2v) is 6.78. The molecule has 0 saturated heterocycles. The monoisotopic (exact) mass is 287 g/mol. The number of carbonyl (C=O) groups is 2. The predicted octanol–water partition coefficient (Wildman–Crippen LogP) is 1.94. The fourth-order valence-electron chi connectivity index (χ4n) is 3.83. The lowest BCUT2D eigenvalue weighted by molar-refractivity contribution is -0.159. The second kappa shape index (κ2) is 4.02. The molecule has 21 heavy (non-hydrogen) atoms. The highest BCUT2D eigenvalue weighted by molar-refractivity contribution is 5.98. The van der Waals surface area contributed by atoms with Crippen LogP contribution in [0.25, 0.3) is 0 Å². The third-order valence-electron chi connectivity index (χ3n) is 5.24. The summed E-state index contributed by atoms with van der Waals surface area (Å²) in [6, 6.07) is 0. The van der Waals surface area contributed by atoms with E-state index in [2.05, 4.69) is 15.3 Å². The molecular formula is C15H17N3O3.